The lowest BCUT2D eigenvalue weighted by Crippen LogP contribution is -2.03. The van der Waals surface area contributed by atoms with Gasteiger partial charge in [0.15, 0.2) is 9.84 Å². The van der Waals surface area contributed by atoms with E-state index in [1.807, 2.05) is 19.1 Å². The van der Waals surface area contributed by atoms with Crippen LogP contribution in [0, 0.1) is 6.92 Å². The van der Waals surface area contributed by atoms with Crippen LogP contribution in [0.5, 0.6) is 5.75 Å². The molecular formula is C15H16ClNO3S. The summed E-state index contributed by atoms with van der Waals surface area (Å²) in [7, 11) is -3.29. The van der Waals surface area contributed by atoms with Crippen molar-refractivity contribution in [2.24, 2.45) is 0 Å². The number of aromatic hydroxyl groups is 1. The van der Waals surface area contributed by atoms with Crippen LogP contribution < -0.4 is 5.32 Å². The maximum Gasteiger partial charge on any atom is 0.175 e. The summed E-state index contributed by atoms with van der Waals surface area (Å²) in [5.74, 6) is 0.223. The number of hydrogen-bond acceptors (Lipinski definition) is 4. The fourth-order valence-corrected chi connectivity index (χ4v) is 2.75. The Morgan fingerprint density at radius 3 is 2.62 bits per heavy atom. The van der Waals surface area contributed by atoms with E-state index in [1.54, 1.807) is 6.07 Å². The standard InChI is InChI=1S/C15H16ClNO3S/c1-10-4-3-5-11(15(10)18)9-17-14-8-12(21(2,19)20)6-7-13(14)16/h3-8,17-18H,9H2,1-2H3. The van der Waals surface area contributed by atoms with Crippen molar-refractivity contribution in [3.8, 4) is 5.75 Å². The summed E-state index contributed by atoms with van der Waals surface area (Å²) in [6.45, 7) is 2.16. The second-order valence-corrected chi connectivity index (χ2v) is 7.27. The molecule has 0 atom stereocenters. The zero-order chi connectivity index (χ0) is 15.6. The summed E-state index contributed by atoms with van der Waals surface area (Å²) in [5, 5.41) is 13.4. The van der Waals surface area contributed by atoms with E-state index in [4.69, 9.17) is 11.6 Å². The lowest BCUT2D eigenvalue weighted by atomic mass is 10.1. The number of hydrogen-bond donors (Lipinski definition) is 2. The number of sulfone groups is 1. The average molecular weight is 326 g/mol. The fraction of sp³-hybridized carbons (Fsp3) is 0.200. The summed E-state index contributed by atoms with van der Waals surface area (Å²) in [5.41, 5.74) is 2.02. The van der Waals surface area contributed by atoms with Crippen LogP contribution in [0.4, 0.5) is 5.69 Å². The van der Waals surface area contributed by atoms with Crippen LogP contribution in [0.3, 0.4) is 0 Å². The average Bonchev–Trinajstić information content (AvgIpc) is 2.40. The molecule has 0 aliphatic heterocycles. The number of phenolic OH excluding ortho intramolecular Hbond substituents is 1. The quantitative estimate of drug-likeness (QED) is 0.904. The summed E-state index contributed by atoms with van der Waals surface area (Å²) >= 11 is 6.06. The van der Waals surface area contributed by atoms with Crippen LogP contribution >= 0.6 is 11.6 Å². The normalized spacial score (nSPS) is 11.4. The minimum atomic E-state index is -3.29. The van der Waals surface area contributed by atoms with E-state index in [-0.39, 0.29) is 10.6 Å². The van der Waals surface area contributed by atoms with Crippen LogP contribution in [0.2, 0.25) is 5.02 Å². The first-order chi connectivity index (χ1) is 9.79. The lowest BCUT2D eigenvalue weighted by Gasteiger charge is -2.12. The summed E-state index contributed by atoms with van der Waals surface area (Å²) in [6, 6.07) is 9.95. The molecule has 2 N–H and O–H groups in total. The molecule has 0 spiro atoms. The minimum Gasteiger partial charge on any atom is -0.507 e. The molecule has 2 rings (SSSR count). The van der Waals surface area contributed by atoms with Crippen molar-refractivity contribution in [3.05, 3.63) is 52.5 Å². The number of halogens is 1. The molecule has 2 aromatic carbocycles. The predicted octanol–water partition coefficient (Wildman–Crippen LogP) is 3.37. The molecule has 2 aromatic rings. The van der Waals surface area contributed by atoms with Crippen LogP contribution in [-0.2, 0) is 16.4 Å². The smallest absolute Gasteiger partial charge is 0.175 e. The molecule has 0 aliphatic rings. The third-order valence-corrected chi connectivity index (χ3v) is 4.60. The maximum absolute atomic E-state index is 11.6. The first-order valence-corrected chi connectivity index (χ1v) is 8.57. The molecular weight excluding hydrogens is 310 g/mol. The molecule has 0 aliphatic carbocycles. The van der Waals surface area contributed by atoms with Crippen molar-refractivity contribution in [1.82, 2.24) is 0 Å². The SMILES string of the molecule is Cc1cccc(CNc2cc(S(C)(=O)=O)ccc2Cl)c1O. The van der Waals surface area contributed by atoms with Gasteiger partial charge in [-0.05, 0) is 30.7 Å². The number of rotatable bonds is 4. The van der Waals surface area contributed by atoms with Gasteiger partial charge in [0, 0.05) is 18.4 Å². The van der Waals surface area contributed by atoms with Gasteiger partial charge in [0.2, 0.25) is 0 Å². The third kappa shape index (κ3) is 3.68. The second-order valence-electron chi connectivity index (χ2n) is 4.85. The van der Waals surface area contributed by atoms with Crippen molar-refractivity contribution >= 4 is 27.1 Å². The number of anilines is 1. The number of benzene rings is 2. The van der Waals surface area contributed by atoms with Gasteiger partial charge in [-0.25, -0.2) is 8.42 Å². The Bertz CT molecular complexity index is 772. The highest BCUT2D eigenvalue weighted by Gasteiger charge is 2.11. The topological polar surface area (TPSA) is 66.4 Å². The summed E-state index contributed by atoms with van der Waals surface area (Å²) in [4.78, 5) is 0.197. The lowest BCUT2D eigenvalue weighted by molar-refractivity contribution is 0.465. The molecule has 0 heterocycles. The maximum atomic E-state index is 11.6. The van der Waals surface area contributed by atoms with Crippen molar-refractivity contribution in [3.63, 3.8) is 0 Å². The Morgan fingerprint density at radius 1 is 1.24 bits per heavy atom. The zero-order valence-corrected chi connectivity index (χ0v) is 13.3. The molecule has 0 amide bonds. The first kappa shape index (κ1) is 15.7. The highest BCUT2D eigenvalue weighted by atomic mass is 35.5. The van der Waals surface area contributed by atoms with Crippen LogP contribution in [0.25, 0.3) is 0 Å². The monoisotopic (exact) mass is 325 g/mol. The van der Waals surface area contributed by atoms with E-state index >= 15 is 0 Å². The largest absolute Gasteiger partial charge is 0.507 e. The van der Waals surface area contributed by atoms with Gasteiger partial charge in [-0.2, -0.15) is 0 Å². The van der Waals surface area contributed by atoms with Gasteiger partial charge in [0.25, 0.3) is 0 Å². The molecule has 0 saturated heterocycles. The second kappa shape index (κ2) is 5.95. The third-order valence-electron chi connectivity index (χ3n) is 3.16. The van der Waals surface area contributed by atoms with E-state index in [1.165, 1.54) is 18.2 Å². The number of aryl methyl sites for hydroxylation is 1. The Labute approximate surface area is 129 Å². The summed E-state index contributed by atoms with van der Waals surface area (Å²) in [6.07, 6.45) is 1.15. The highest BCUT2D eigenvalue weighted by molar-refractivity contribution is 7.90. The predicted molar refractivity (Wildman–Crippen MR) is 84.7 cm³/mol. The number of para-hydroxylation sites is 1. The molecule has 0 saturated carbocycles. The summed E-state index contributed by atoms with van der Waals surface area (Å²) < 4.78 is 23.1. The highest BCUT2D eigenvalue weighted by Crippen LogP contribution is 2.27. The van der Waals surface area contributed by atoms with E-state index < -0.39 is 9.84 Å². The van der Waals surface area contributed by atoms with Crippen molar-refractivity contribution in [2.75, 3.05) is 11.6 Å². The molecule has 0 radical (unpaired) electrons. The van der Waals surface area contributed by atoms with Crippen LogP contribution in [0.1, 0.15) is 11.1 Å². The van der Waals surface area contributed by atoms with Gasteiger partial charge < -0.3 is 10.4 Å². The van der Waals surface area contributed by atoms with Gasteiger partial charge in [0.05, 0.1) is 15.6 Å². The Hall–Kier alpha value is -1.72. The molecule has 4 nitrogen and oxygen atoms in total. The van der Waals surface area contributed by atoms with Crippen LogP contribution in [-0.4, -0.2) is 19.8 Å². The van der Waals surface area contributed by atoms with E-state index in [2.05, 4.69) is 5.32 Å². The van der Waals surface area contributed by atoms with Crippen molar-refractivity contribution in [1.29, 1.82) is 0 Å². The number of phenols is 1. The van der Waals surface area contributed by atoms with Gasteiger partial charge in [-0.15, -0.1) is 0 Å². The molecule has 6 heteroatoms. The molecule has 21 heavy (non-hydrogen) atoms. The van der Waals surface area contributed by atoms with Crippen molar-refractivity contribution in [2.45, 2.75) is 18.4 Å². The molecule has 0 unspecified atom stereocenters. The van der Waals surface area contributed by atoms with E-state index in [9.17, 15) is 13.5 Å². The van der Waals surface area contributed by atoms with Gasteiger partial charge in [-0.3, -0.25) is 0 Å². The van der Waals surface area contributed by atoms with Crippen LogP contribution in [0.15, 0.2) is 41.3 Å². The van der Waals surface area contributed by atoms with E-state index in [0.717, 1.165) is 17.4 Å². The van der Waals surface area contributed by atoms with Gasteiger partial charge in [0.1, 0.15) is 5.75 Å². The zero-order valence-electron chi connectivity index (χ0n) is 11.7. The molecule has 0 fully saturated rings. The Morgan fingerprint density at radius 2 is 1.95 bits per heavy atom. The minimum absolute atomic E-state index is 0.197. The van der Waals surface area contributed by atoms with Gasteiger partial charge >= 0.3 is 0 Å². The number of nitrogens with one attached hydrogen (secondary N) is 1. The molecule has 0 bridgehead atoms. The van der Waals surface area contributed by atoms with Crippen molar-refractivity contribution < 1.29 is 13.5 Å². The van der Waals surface area contributed by atoms with E-state index in [0.29, 0.717) is 17.3 Å². The van der Waals surface area contributed by atoms with Gasteiger partial charge in [-0.1, -0.05) is 29.8 Å². The Kier molecular flexibility index (Phi) is 4.44. The Balaban J connectivity index is 2.26. The molecule has 0 aromatic heterocycles. The molecule has 112 valence electrons. The fourth-order valence-electron chi connectivity index (χ4n) is 1.92. The first-order valence-electron chi connectivity index (χ1n) is 6.30.